The van der Waals surface area contributed by atoms with E-state index in [1.807, 2.05) is 0 Å². The summed E-state index contributed by atoms with van der Waals surface area (Å²) in [6.45, 7) is 2.47. The molecular formula is C12H20NP2. The minimum absolute atomic E-state index is 0.471. The maximum Gasteiger partial charge on any atom is 0.0696 e. The molecule has 15 heavy (non-hydrogen) atoms. The zero-order valence-corrected chi connectivity index (χ0v) is 11.4. The van der Waals surface area contributed by atoms with Gasteiger partial charge in [-0.2, -0.15) is 0 Å². The quantitative estimate of drug-likeness (QED) is 0.551. The lowest BCUT2D eigenvalue weighted by atomic mass is 9.80. The van der Waals surface area contributed by atoms with Crippen LogP contribution in [-0.2, 0) is 0 Å². The molecule has 2 aliphatic rings. The SMILES string of the molecule is CC1(C2=C[N]P=P2)CCCCCCCC1. The first kappa shape index (κ1) is 11.6. The molecule has 1 aliphatic carbocycles. The number of allylic oxidation sites excluding steroid dienone is 1. The molecule has 2 rings (SSSR count). The lowest BCUT2D eigenvalue weighted by molar-refractivity contribution is 0.335. The summed E-state index contributed by atoms with van der Waals surface area (Å²) in [7, 11) is 2.69. The van der Waals surface area contributed by atoms with Gasteiger partial charge in [0.1, 0.15) is 0 Å². The molecule has 1 heterocycles. The fourth-order valence-corrected chi connectivity index (χ4v) is 5.03. The Labute approximate surface area is 96.6 Å². The Morgan fingerprint density at radius 1 is 1.07 bits per heavy atom. The van der Waals surface area contributed by atoms with Crippen molar-refractivity contribution < 1.29 is 0 Å². The fourth-order valence-electron chi connectivity index (χ4n) is 2.58. The number of rotatable bonds is 1. The molecule has 0 amide bonds. The molecule has 1 radical (unpaired) electrons. The summed E-state index contributed by atoms with van der Waals surface area (Å²) in [4.78, 5) is 0. The zero-order chi connectivity index (χ0) is 10.6. The van der Waals surface area contributed by atoms with Gasteiger partial charge in [0, 0.05) is 11.5 Å². The molecular weight excluding hydrogens is 220 g/mol. The Hall–Kier alpha value is 0.140. The molecule has 0 saturated heterocycles. The predicted molar refractivity (Wildman–Crippen MR) is 69.1 cm³/mol. The summed E-state index contributed by atoms with van der Waals surface area (Å²) in [5, 5.41) is 5.96. The van der Waals surface area contributed by atoms with Crippen LogP contribution in [0.5, 0.6) is 0 Å². The average molecular weight is 240 g/mol. The van der Waals surface area contributed by atoms with Gasteiger partial charge in [-0.25, -0.2) is 5.09 Å². The molecule has 0 atom stereocenters. The minimum Gasteiger partial charge on any atom is -0.230 e. The highest BCUT2D eigenvalue weighted by molar-refractivity contribution is 7.85. The lowest BCUT2D eigenvalue weighted by Crippen LogP contribution is -2.16. The van der Waals surface area contributed by atoms with Gasteiger partial charge in [0.05, 0.1) is 8.02 Å². The maximum atomic E-state index is 4.36. The van der Waals surface area contributed by atoms with Crippen LogP contribution >= 0.6 is 15.9 Å². The fraction of sp³-hybridized carbons (Fsp3) is 0.833. The van der Waals surface area contributed by atoms with Crippen molar-refractivity contribution in [3.63, 3.8) is 0 Å². The van der Waals surface area contributed by atoms with Crippen LogP contribution in [0, 0.1) is 5.41 Å². The normalized spacial score (nSPS) is 28.2. The molecule has 0 aromatic heterocycles. The van der Waals surface area contributed by atoms with E-state index in [4.69, 9.17) is 0 Å². The molecule has 0 spiro atoms. The average Bonchev–Trinajstić information content (AvgIpc) is 2.75. The van der Waals surface area contributed by atoms with E-state index in [0.29, 0.717) is 5.41 Å². The number of nitrogens with zero attached hydrogens (tertiary/aromatic N) is 1. The van der Waals surface area contributed by atoms with Crippen LogP contribution in [0.1, 0.15) is 58.3 Å². The van der Waals surface area contributed by atoms with Crippen molar-refractivity contribution in [2.24, 2.45) is 5.41 Å². The third-order valence-corrected chi connectivity index (χ3v) is 6.11. The highest BCUT2D eigenvalue weighted by Crippen LogP contribution is 2.49. The Morgan fingerprint density at radius 2 is 1.67 bits per heavy atom. The second-order valence-corrected chi connectivity index (χ2v) is 7.23. The van der Waals surface area contributed by atoms with E-state index in [1.54, 1.807) is 5.31 Å². The van der Waals surface area contributed by atoms with Gasteiger partial charge in [-0.3, -0.25) is 0 Å². The first-order chi connectivity index (χ1) is 7.31. The van der Waals surface area contributed by atoms with E-state index in [1.165, 1.54) is 67.3 Å². The van der Waals surface area contributed by atoms with Crippen molar-refractivity contribution >= 4 is 15.9 Å². The Bertz CT molecular complexity index is 261. The van der Waals surface area contributed by atoms with Crippen molar-refractivity contribution in [1.29, 1.82) is 0 Å². The second-order valence-electron chi connectivity index (χ2n) is 5.00. The lowest BCUT2D eigenvalue weighted by Gasteiger charge is -2.29. The summed E-state index contributed by atoms with van der Waals surface area (Å²) in [6, 6.07) is 0. The van der Waals surface area contributed by atoms with Gasteiger partial charge in [-0.05, 0) is 26.1 Å². The number of hydrogen-bond donors (Lipinski definition) is 0. The van der Waals surface area contributed by atoms with E-state index < -0.39 is 0 Å². The molecule has 0 aromatic carbocycles. The van der Waals surface area contributed by atoms with Crippen molar-refractivity contribution in [2.45, 2.75) is 58.3 Å². The zero-order valence-electron chi connectivity index (χ0n) is 9.58. The summed E-state index contributed by atoms with van der Waals surface area (Å²) in [5.74, 6) is 0. The first-order valence-electron chi connectivity index (χ1n) is 6.13. The smallest absolute Gasteiger partial charge is 0.0696 e. The molecule has 0 bridgehead atoms. The molecule has 1 aliphatic heterocycles. The van der Waals surface area contributed by atoms with E-state index in [0.717, 1.165) is 0 Å². The summed E-state index contributed by atoms with van der Waals surface area (Å²) in [6.07, 6.45) is 13.5. The minimum atomic E-state index is 0.471. The molecule has 0 unspecified atom stereocenters. The van der Waals surface area contributed by atoms with Gasteiger partial charge in [-0.1, -0.05) is 45.4 Å². The highest BCUT2D eigenvalue weighted by atomic mass is 31.7. The van der Waals surface area contributed by atoms with E-state index >= 15 is 0 Å². The molecule has 0 N–H and O–H groups in total. The van der Waals surface area contributed by atoms with Crippen LogP contribution in [0.15, 0.2) is 11.5 Å². The molecule has 1 nitrogen and oxygen atoms in total. The van der Waals surface area contributed by atoms with Crippen LogP contribution in [0.3, 0.4) is 0 Å². The van der Waals surface area contributed by atoms with Gasteiger partial charge in [0.2, 0.25) is 0 Å². The van der Waals surface area contributed by atoms with Gasteiger partial charge < -0.3 is 0 Å². The molecule has 1 fully saturated rings. The van der Waals surface area contributed by atoms with Crippen molar-refractivity contribution in [3.8, 4) is 0 Å². The Balaban J connectivity index is 2.04. The van der Waals surface area contributed by atoms with Crippen LogP contribution in [0.25, 0.3) is 0 Å². The van der Waals surface area contributed by atoms with Gasteiger partial charge in [0.25, 0.3) is 0 Å². The molecule has 1 saturated carbocycles. The van der Waals surface area contributed by atoms with Crippen molar-refractivity contribution in [3.05, 3.63) is 11.5 Å². The van der Waals surface area contributed by atoms with E-state index in [9.17, 15) is 0 Å². The standard InChI is InChI=1S/C12H20NP2/c1-12(11-10-13-15-14-11)8-6-4-2-3-5-7-9-12/h10H,2-9H2,1H3. The molecule has 83 valence electrons. The molecule has 0 aromatic rings. The topological polar surface area (TPSA) is 14.1 Å². The maximum absolute atomic E-state index is 4.36. The monoisotopic (exact) mass is 240 g/mol. The third kappa shape index (κ3) is 3.05. The van der Waals surface area contributed by atoms with Gasteiger partial charge in [0.15, 0.2) is 0 Å². The summed E-state index contributed by atoms with van der Waals surface area (Å²) in [5.41, 5.74) is 0.471. The Morgan fingerprint density at radius 3 is 2.20 bits per heavy atom. The van der Waals surface area contributed by atoms with Crippen LogP contribution in [-0.4, -0.2) is 0 Å². The second kappa shape index (κ2) is 5.46. The van der Waals surface area contributed by atoms with E-state index in [-0.39, 0.29) is 0 Å². The largest absolute Gasteiger partial charge is 0.230 e. The van der Waals surface area contributed by atoms with Gasteiger partial charge in [-0.15, -0.1) is 0 Å². The summed E-state index contributed by atoms with van der Waals surface area (Å²) < 4.78 is 0. The Kier molecular flexibility index (Phi) is 4.23. The van der Waals surface area contributed by atoms with Crippen LogP contribution in [0.2, 0.25) is 0 Å². The van der Waals surface area contributed by atoms with Gasteiger partial charge >= 0.3 is 0 Å². The predicted octanol–water partition coefficient (Wildman–Crippen LogP) is 5.31. The third-order valence-electron chi connectivity index (χ3n) is 3.71. The van der Waals surface area contributed by atoms with Crippen molar-refractivity contribution in [2.75, 3.05) is 0 Å². The number of hydrogen-bond acceptors (Lipinski definition) is 0. The highest BCUT2D eigenvalue weighted by Gasteiger charge is 2.29. The summed E-state index contributed by atoms with van der Waals surface area (Å²) >= 11 is 0. The van der Waals surface area contributed by atoms with Crippen LogP contribution in [0.4, 0.5) is 0 Å². The van der Waals surface area contributed by atoms with Crippen LogP contribution < -0.4 is 5.09 Å². The molecule has 3 heteroatoms. The van der Waals surface area contributed by atoms with Crippen molar-refractivity contribution in [1.82, 2.24) is 5.09 Å². The van der Waals surface area contributed by atoms with E-state index in [2.05, 4.69) is 18.2 Å². The first-order valence-corrected chi connectivity index (χ1v) is 8.57.